The van der Waals surface area contributed by atoms with Crippen LogP contribution in [0.5, 0.6) is 0 Å². The van der Waals surface area contributed by atoms with Gasteiger partial charge in [0.25, 0.3) is 0 Å². The predicted octanol–water partition coefficient (Wildman–Crippen LogP) is 18.9. The van der Waals surface area contributed by atoms with E-state index in [-0.39, 0.29) is 37.5 Å². The highest BCUT2D eigenvalue weighted by molar-refractivity contribution is 5.71. The number of hydrogen-bond acceptors (Lipinski definition) is 6. The summed E-state index contributed by atoms with van der Waals surface area (Å²) in [7, 11) is 0. The third-order valence-corrected chi connectivity index (χ3v) is 12.6. The van der Waals surface area contributed by atoms with E-state index in [2.05, 4.69) is 51.2 Å². The van der Waals surface area contributed by atoms with Crippen molar-refractivity contribution in [3.63, 3.8) is 0 Å². The Balaban J connectivity index is 4.38. The van der Waals surface area contributed by atoms with Crippen LogP contribution in [0.4, 0.5) is 0 Å². The van der Waals surface area contributed by atoms with E-state index >= 15 is 0 Å². The van der Waals surface area contributed by atoms with Gasteiger partial charge in [0.1, 0.15) is 13.2 Å². The van der Waals surface area contributed by atoms with E-state index < -0.39 is 6.10 Å². The molecular weight excluding hydrogens is 805 g/mol. The van der Waals surface area contributed by atoms with Crippen LogP contribution in [0.3, 0.4) is 0 Å². The Morgan fingerprint density at radius 1 is 0.308 bits per heavy atom. The Bertz CT molecular complexity index is 1090. The van der Waals surface area contributed by atoms with Gasteiger partial charge in [0.05, 0.1) is 0 Å². The van der Waals surface area contributed by atoms with Gasteiger partial charge in [-0.25, -0.2) is 0 Å². The Kier molecular flexibility index (Phi) is 52.3. The minimum absolute atomic E-state index is 0.0889. The topological polar surface area (TPSA) is 78.9 Å². The normalized spacial score (nSPS) is 12.2. The fraction of sp³-hybridized carbons (Fsp3) is 0.847. The minimum atomic E-state index is -0.795. The molecule has 0 bridgehead atoms. The van der Waals surface area contributed by atoms with Crippen molar-refractivity contribution >= 4 is 17.9 Å². The zero-order valence-electron chi connectivity index (χ0n) is 43.5. The van der Waals surface area contributed by atoms with E-state index in [0.717, 1.165) is 64.2 Å². The monoisotopic (exact) mass is 913 g/mol. The molecule has 0 aromatic heterocycles. The van der Waals surface area contributed by atoms with Crippen LogP contribution in [0.25, 0.3) is 0 Å². The lowest BCUT2D eigenvalue weighted by Gasteiger charge is -2.18. The van der Waals surface area contributed by atoms with Gasteiger partial charge in [0.15, 0.2) is 6.10 Å². The summed E-state index contributed by atoms with van der Waals surface area (Å²) in [6.45, 7) is 6.61. The summed E-state index contributed by atoms with van der Waals surface area (Å²) in [5, 5.41) is 0. The Morgan fingerprint density at radius 2 is 0.585 bits per heavy atom. The highest BCUT2D eigenvalue weighted by atomic mass is 16.6. The largest absolute Gasteiger partial charge is 0.462 e. The third-order valence-electron chi connectivity index (χ3n) is 12.6. The van der Waals surface area contributed by atoms with E-state index in [4.69, 9.17) is 14.2 Å². The molecule has 0 saturated carbocycles. The Hall–Kier alpha value is -2.37. The average molecular weight is 914 g/mol. The van der Waals surface area contributed by atoms with Crippen LogP contribution in [0, 0.1) is 0 Å². The lowest BCUT2D eigenvalue weighted by molar-refractivity contribution is -0.166. The first kappa shape index (κ1) is 62.6. The summed E-state index contributed by atoms with van der Waals surface area (Å²) in [5.74, 6) is -0.953. The molecular formula is C59H108O6. The molecule has 1 unspecified atom stereocenters. The molecule has 0 saturated heterocycles. The van der Waals surface area contributed by atoms with Crippen molar-refractivity contribution < 1.29 is 28.6 Å². The summed E-state index contributed by atoms with van der Waals surface area (Å²) in [5.41, 5.74) is 0. The third kappa shape index (κ3) is 52.5. The van der Waals surface area contributed by atoms with Crippen LogP contribution >= 0.6 is 0 Å². The molecule has 0 N–H and O–H groups in total. The lowest BCUT2D eigenvalue weighted by Crippen LogP contribution is -2.30. The second-order valence-electron chi connectivity index (χ2n) is 19.2. The molecule has 0 heterocycles. The second-order valence-corrected chi connectivity index (χ2v) is 19.2. The zero-order chi connectivity index (χ0) is 47.2. The Morgan fingerprint density at radius 3 is 0.954 bits per heavy atom. The standard InChI is InChI=1S/C59H108O6/c1-4-7-10-13-16-19-22-25-27-29-30-32-34-37-40-43-46-49-52-58(61)64-55-56(54-63-57(60)51-48-45-42-39-36-33-24-21-18-15-12-9-6-3)65-59(62)53-50-47-44-41-38-35-31-28-26-23-20-17-14-11-8-5-2/h28,31,33,36,42,45,56H,4-27,29-30,32,34-35,37-41,43-44,46-55H2,1-3H3/b31-28+,36-33+,45-42+. The van der Waals surface area contributed by atoms with Gasteiger partial charge in [0, 0.05) is 19.3 Å². The van der Waals surface area contributed by atoms with Crippen molar-refractivity contribution in [2.75, 3.05) is 13.2 Å². The molecule has 0 aliphatic heterocycles. The summed E-state index contributed by atoms with van der Waals surface area (Å²) < 4.78 is 16.8. The zero-order valence-corrected chi connectivity index (χ0v) is 43.5. The fourth-order valence-corrected chi connectivity index (χ4v) is 8.32. The summed E-state index contributed by atoms with van der Waals surface area (Å²) >= 11 is 0. The molecule has 1 atom stereocenters. The van der Waals surface area contributed by atoms with E-state index in [0.29, 0.717) is 19.3 Å². The van der Waals surface area contributed by atoms with E-state index in [1.807, 2.05) is 6.08 Å². The number of unbranched alkanes of at least 4 members (excludes halogenated alkanes) is 35. The molecule has 6 heteroatoms. The molecule has 0 fully saturated rings. The summed E-state index contributed by atoms with van der Waals surface area (Å²) in [6.07, 6.45) is 64.3. The van der Waals surface area contributed by atoms with E-state index in [1.54, 1.807) is 0 Å². The molecule has 0 aliphatic carbocycles. The Labute approximate surface area is 404 Å². The van der Waals surface area contributed by atoms with Gasteiger partial charge in [-0.2, -0.15) is 0 Å². The summed E-state index contributed by atoms with van der Waals surface area (Å²) in [6, 6.07) is 0. The molecule has 65 heavy (non-hydrogen) atoms. The number of carbonyl (C=O) groups excluding carboxylic acids is 3. The van der Waals surface area contributed by atoms with Crippen LogP contribution in [0.15, 0.2) is 36.5 Å². The van der Waals surface area contributed by atoms with Crippen LogP contribution < -0.4 is 0 Å². The van der Waals surface area contributed by atoms with Crippen LogP contribution in [0.1, 0.15) is 303 Å². The fourth-order valence-electron chi connectivity index (χ4n) is 8.32. The maximum Gasteiger partial charge on any atom is 0.306 e. The van der Waals surface area contributed by atoms with Crippen LogP contribution in [-0.2, 0) is 28.6 Å². The lowest BCUT2D eigenvalue weighted by atomic mass is 10.0. The molecule has 0 rings (SSSR count). The van der Waals surface area contributed by atoms with Crippen molar-refractivity contribution in [3.8, 4) is 0 Å². The van der Waals surface area contributed by atoms with Crippen LogP contribution in [0.2, 0.25) is 0 Å². The first-order chi connectivity index (χ1) is 32.0. The number of esters is 3. The van der Waals surface area contributed by atoms with Crippen LogP contribution in [-0.4, -0.2) is 37.2 Å². The number of carbonyl (C=O) groups is 3. The SMILES string of the molecule is CCCCCCCC/C=C/C/C=C/CCC(=O)OCC(COC(=O)CCCCCCCCCCCCCCCCCCCC)OC(=O)CCCCCCC/C=C/CCCCCCCCC. The average Bonchev–Trinajstić information content (AvgIpc) is 3.30. The number of allylic oxidation sites excluding steroid dienone is 6. The molecule has 0 amide bonds. The molecule has 6 nitrogen and oxygen atoms in total. The highest BCUT2D eigenvalue weighted by Crippen LogP contribution is 2.16. The number of rotatable bonds is 52. The molecule has 0 radical (unpaired) electrons. The van der Waals surface area contributed by atoms with Crippen molar-refractivity contribution in [2.45, 2.75) is 309 Å². The molecule has 0 aromatic carbocycles. The quantitative estimate of drug-likeness (QED) is 0.0262. The molecule has 0 aromatic rings. The van der Waals surface area contributed by atoms with E-state index in [1.165, 1.54) is 193 Å². The molecule has 0 aliphatic rings. The van der Waals surface area contributed by atoms with E-state index in [9.17, 15) is 14.4 Å². The van der Waals surface area contributed by atoms with Gasteiger partial charge in [-0.15, -0.1) is 0 Å². The van der Waals surface area contributed by atoms with Crippen molar-refractivity contribution in [3.05, 3.63) is 36.5 Å². The van der Waals surface area contributed by atoms with Crippen molar-refractivity contribution in [1.82, 2.24) is 0 Å². The first-order valence-corrected chi connectivity index (χ1v) is 28.5. The predicted molar refractivity (Wildman–Crippen MR) is 279 cm³/mol. The highest BCUT2D eigenvalue weighted by Gasteiger charge is 2.19. The number of hydrogen-bond donors (Lipinski definition) is 0. The van der Waals surface area contributed by atoms with Gasteiger partial charge < -0.3 is 14.2 Å². The van der Waals surface area contributed by atoms with Crippen molar-refractivity contribution in [2.24, 2.45) is 0 Å². The first-order valence-electron chi connectivity index (χ1n) is 28.5. The van der Waals surface area contributed by atoms with Gasteiger partial charge in [-0.3, -0.25) is 14.4 Å². The number of ether oxygens (including phenoxy) is 3. The molecule has 0 spiro atoms. The maximum atomic E-state index is 12.8. The van der Waals surface area contributed by atoms with Gasteiger partial charge in [-0.05, 0) is 64.2 Å². The maximum absolute atomic E-state index is 12.8. The molecule has 380 valence electrons. The second kappa shape index (κ2) is 54.2. The van der Waals surface area contributed by atoms with Gasteiger partial charge >= 0.3 is 17.9 Å². The van der Waals surface area contributed by atoms with Gasteiger partial charge in [0.2, 0.25) is 0 Å². The van der Waals surface area contributed by atoms with Crippen molar-refractivity contribution in [1.29, 1.82) is 0 Å². The van der Waals surface area contributed by atoms with Gasteiger partial charge in [-0.1, -0.05) is 256 Å². The smallest absolute Gasteiger partial charge is 0.306 e. The minimum Gasteiger partial charge on any atom is -0.462 e. The summed E-state index contributed by atoms with van der Waals surface area (Å²) in [4.78, 5) is 38.0.